The number of carbonyl (C=O) groups is 2. The van der Waals surface area contributed by atoms with E-state index in [2.05, 4.69) is 10.3 Å². The standard InChI is InChI=1S/C12H13ClN2O3/c13-10-3-4-14-6-9(10)11(16)15-8-2-1-7(5-8)12(17)18/h3-4,6-8H,1-2,5H2,(H,15,16)(H,17,18). The van der Waals surface area contributed by atoms with Gasteiger partial charge in [0.05, 0.1) is 16.5 Å². The fourth-order valence-corrected chi connectivity index (χ4v) is 2.34. The molecule has 5 nitrogen and oxygen atoms in total. The highest BCUT2D eigenvalue weighted by atomic mass is 35.5. The summed E-state index contributed by atoms with van der Waals surface area (Å²) < 4.78 is 0. The van der Waals surface area contributed by atoms with Crippen LogP contribution in [-0.2, 0) is 4.79 Å². The molecule has 1 aromatic heterocycles. The molecule has 2 N–H and O–H groups in total. The van der Waals surface area contributed by atoms with Crippen LogP contribution in [0, 0.1) is 5.92 Å². The van der Waals surface area contributed by atoms with E-state index in [-0.39, 0.29) is 17.9 Å². The van der Waals surface area contributed by atoms with E-state index in [9.17, 15) is 9.59 Å². The number of aromatic nitrogens is 1. The van der Waals surface area contributed by atoms with Gasteiger partial charge in [0.25, 0.3) is 5.91 Å². The number of halogens is 1. The summed E-state index contributed by atoms with van der Waals surface area (Å²) in [5, 5.41) is 12.0. The maximum atomic E-state index is 11.9. The average molecular weight is 269 g/mol. The highest BCUT2D eigenvalue weighted by Gasteiger charge is 2.30. The number of hydrogen-bond donors (Lipinski definition) is 2. The first-order valence-electron chi connectivity index (χ1n) is 5.71. The Hall–Kier alpha value is -1.62. The molecule has 96 valence electrons. The summed E-state index contributed by atoms with van der Waals surface area (Å²) in [6, 6.07) is 1.44. The van der Waals surface area contributed by atoms with Crippen LogP contribution in [-0.4, -0.2) is 28.0 Å². The van der Waals surface area contributed by atoms with Crippen LogP contribution < -0.4 is 5.32 Å². The van der Waals surface area contributed by atoms with Gasteiger partial charge in [-0.25, -0.2) is 0 Å². The smallest absolute Gasteiger partial charge is 0.306 e. The number of carbonyl (C=O) groups excluding carboxylic acids is 1. The molecule has 1 amide bonds. The first-order chi connectivity index (χ1) is 8.58. The Balaban J connectivity index is 1.97. The lowest BCUT2D eigenvalue weighted by molar-refractivity contribution is -0.141. The van der Waals surface area contributed by atoms with E-state index in [0.29, 0.717) is 29.8 Å². The molecule has 1 aromatic rings. The molecule has 1 saturated carbocycles. The molecule has 1 heterocycles. The molecule has 18 heavy (non-hydrogen) atoms. The molecule has 1 aliphatic rings. The summed E-state index contributed by atoms with van der Waals surface area (Å²) in [4.78, 5) is 26.6. The zero-order chi connectivity index (χ0) is 13.1. The molecule has 0 radical (unpaired) electrons. The van der Waals surface area contributed by atoms with Gasteiger partial charge in [-0.3, -0.25) is 14.6 Å². The number of nitrogens with one attached hydrogen (secondary N) is 1. The van der Waals surface area contributed by atoms with Gasteiger partial charge in [-0.05, 0) is 25.3 Å². The zero-order valence-electron chi connectivity index (χ0n) is 9.60. The number of aliphatic carboxylic acids is 1. The molecule has 0 aromatic carbocycles. The number of hydrogen-bond acceptors (Lipinski definition) is 3. The van der Waals surface area contributed by atoms with Crippen molar-refractivity contribution < 1.29 is 14.7 Å². The van der Waals surface area contributed by atoms with Crippen LogP contribution in [0.1, 0.15) is 29.6 Å². The number of pyridine rings is 1. The van der Waals surface area contributed by atoms with E-state index in [1.54, 1.807) is 6.07 Å². The lowest BCUT2D eigenvalue weighted by Gasteiger charge is -2.12. The second-order valence-corrected chi connectivity index (χ2v) is 4.78. The van der Waals surface area contributed by atoms with Crippen molar-refractivity contribution in [1.82, 2.24) is 10.3 Å². The third-order valence-corrected chi connectivity index (χ3v) is 3.46. The van der Waals surface area contributed by atoms with E-state index in [0.717, 1.165) is 0 Å². The molecular formula is C12H13ClN2O3. The Bertz CT molecular complexity index is 478. The first kappa shape index (κ1) is 12.8. The predicted molar refractivity (Wildman–Crippen MR) is 65.5 cm³/mol. The molecule has 2 unspecified atom stereocenters. The largest absolute Gasteiger partial charge is 0.481 e. The highest BCUT2D eigenvalue weighted by Crippen LogP contribution is 2.26. The van der Waals surface area contributed by atoms with Crippen LogP contribution >= 0.6 is 11.6 Å². The van der Waals surface area contributed by atoms with Crippen molar-refractivity contribution in [1.29, 1.82) is 0 Å². The van der Waals surface area contributed by atoms with Crippen LogP contribution in [0.5, 0.6) is 0 Å². The maximum Gasteiger partial charge on any atom is 0.306 e. The topological polar surface area (TPSA) is 79.3 Å². The predicted octanol–water partition coefficient (Wildman–Crippen LogP) is 1.72. The summed E-state index contributed by atoms with van der Waals surface area (Å²) in [6.45, 7) is 0. The summed E-state index contributed by atoms with van der Waals surface area (Å²) in [5.41, 5.74) is 0.318. The minimum atomic E-state index is -0.800. The van der Waals surface area contributed by atoms with Crippen LogP contribution in [0.4, 0.5) is 0 Å². The van der Waals surface area contributed by atoms with Crippen LogP contribution in [0.15, 0.2) is 18.5 Å². The Morgan fingerprint density at radius 2 is 2.22 bits per heavy atom. The molecule has 2 atom stereocenters. The second kappa shape index (κ2) is 5.35. The molecule has 0 saturated heterocycles. The molecular weight excluding hydrogens is 256 g/mol. The van der Waals surface area contributed by atoms with Crippen molar-refractivity contribution in [3.05, 3.63) is 29.0 Å². The van der Waals surface area contributed by atoms with Crippen molar-refractivity contribution in [2.24, 2.45) is 5.92 Å². The van der Waals surface area contributed by atoms with Gasteiger partial charge in [0.15, 0.2) is 0 Å². The minimum absolute atomic E-state index is 0.102. The quantitative estimate of drug-likeness (QED) is 0.875. The fourth-order valence-electron chi connectivity index (χ4n) is 2.14. The molecule has 2 rings (SSSR count). The second-order valence-electron chi connectivity index (χ2n) is 4.37. The third kappa shape index (κ3) is 2.79. The number of rotatable bonds is 3. The van der Waals surface area contributed by atoms with E-state index >= 15 is 0 Å². The van der Waals surface area contributed by atoms with Gasteiger partial charge in [0, 0.05) is 18.4 Å². The Labute approximate surface area is 109 Å². The van der Waals surface area contributed by atoms with Gasteiger partial charge >= 0.3 is 5.97 Å². The van der Waals surface area contributed by atoms with E-state index in [1.165, 1.54) is 12.4 Å². The van der Waals surface area contributed by atoms with E-state index in [4.69, 9.17) is 16.7 Å². The summed E-state index contributed by atoms with van der Waals surface area (Å²) in [6.07, 6.45) is 4.66. The molecule has 0 aliphatic heterocycles. The number of nitrogens with zero attached hydrogens (tertiary/aromatic N) is 1. The number of carboxylic acids is 1. The fraction of sp³-hybridized carbons (Fsp3) is 0.417. The molecule has 0 spiro atoms. The number of carboxylic acid groups (broad SMARTS) is 1. The molecule has 0 bridgehead atoms. The van der Waals surface area contributed by atoms with E-state index in [1.807, 2.05) is 0 Å². The van der Waals surface area contributed by atoms with Gasteiger partial charge in [-0.1, -0.05) is 11.6 Å². The van der Waals surface area contributed by atoms with Gasteiger partial charge < -0.3 is 10.4 Å². The van der Waals surface area contributed by atoms with Crippen LogP contribution in [0.2, 0.25) is 5.02 Å². The van der Waals surface area contributed by atoms with Crippen molar-refractivity contribution >= 4 is 23.5 Å². The van der Waals surface area contributed by atoms with Crippen molar-refractivity contribution in [3.8, 4) is 0 Å². The molecule has 1 aliphatic carbocycles. The third-order valence-electron chi connectivity index (χ3n) is 3.13. The normalized spacial score (nSPS) is 22.7. The highest BCUT2D eigenvalue weighted by molar-refractivity contribution is 6.33. The van der Waals surface area contributed by atoms with Gasteiger partial charge in [0.2, 0.25) is 0 Å². The van der Waals surface area contributed by atoms with Crippen LogP contribution in [0.3, 0.4) is 0 Å². The summed E-state index contributed by atoms with van der Waals surface area (Å²) in [5.74, 6) is -1.46. The van der Waals surface area contributed by atoms with Crippen molar-refractivity contribution in [2.75, 3.05) is 0 Å². The minimum Gasteiger partial charge on any atom is -0.481 e. The average Bonchev–Trinajstić information content (AvgIpc) is 2.78. The van der Waals surface area contributed by atoms with Crippen LogP contribution in [0.25, 0.3) is 0 Å². The Morgan fingerprint density at radius 1 is 1.44 bits per heavy atom. The SMILES string of the molecule is O=C(NC1CCC(C(=O)O)C1)c1cnccc1Cl. The van der Waals surface area contributed by atoms with Gasteiger partial charge in [-0.15, -0.1) is 0 Å². The Morgan fingerprint density at radius 3 is 2.83 bits per heavy atom. The molecule has 6 heteroatoms. The lowest BCUT2D eigenvalue weighted by atomic mass is 10.1. The molecule has 1 fully saturated rings. The summed E-state index contributed by atoms with van der Waals surface area (Å²) in [7, 11) is 0. The van der Waals surface area contributed by atoms with Crippen molar-refractivity contribution in [2.45, 2.75) is 25.3 Å². The maximum absolute atomic E-state index is 11.9. The monoisotopic (exact) mass is 268 g/mol. The number of amides is 1. The zero-order valence-corrected chi connectivity index (χ0v) is 10.4. The summed E-state index contributed by atoms with van der Waals surface area (Å²) >= 11 is 5.89. The lowest BCUT2D eigenvalue weighted by Crippen LogP contribution is -2.33. The van der Waals surface area contributed by atoms with E-state index < -0.39 is 5.97 Å². The first-order valence-corrected chi connectivity index (χ1v) is 6.09. The van der Waals surface area contributed by atoms with Gasteiger partial charge in [0.1, 0.15) is 0 Å². The van der Waals surface area contributed by atoms with Crippen molar-refractivity contribution in [3.63, 3.8) is 0 Å². The Kier molecular flexibility index (Phi) is 3.81. The van der Waals surface area contributed by atoms with Gasteiger partial charge in [-0.2, -0.15) is 0 Å².